The summed E-state index contributed by atoms with van der Waals surface area (Å²) in [4.78, 5) is 2.48. The van der Waals surface area contributed by atoms with E-state index in [0.29, 0.717) is 0 Å². The lowest BCUT2D eigenvalue weighted by molar-refractivity contribution is 0.285. The summed E-state index contributed by atoms with van der Waals surface area (Å²) < 4.78 is 0. The van der Waals surface area contributed by atoms with Crippen molar-refractivity contribution < 1.29 is 0 Å². The summed E-state index contributed by atoms with van der Waals surface area (Å²) in [5.41, 5.74) is 0. The summed E-state index contributed by atoms with van der Waals surface area (Å²) in [6.07, 6.45) is 2.99. The van der Waals surface area contributed by atoms with Gasteiger partial charge in [0, 0.05) is 12.6 Å². The number of rotatable bonds is 0. The minimum Gasteiger partial charge on any atom is -0.303 e. The van der Waals surface area contributed by atoms with Crippen LogP contribution in [0.15, 0.2) is 0 Å². The zero-order valence-corrected chi connectivity index (χ0v) is 6.72. The molecular formula is C8H17N. The summed E-state index contributed by atoms with van der Waals surface area (Å²) in [7, 11) is 2.23. The zero-order chi connectivity index (χ0) is 6.85. The molecule has 0 unspecified atom stereocenters. The fraction of sp³-hybridized carbons (Fsp3) is 1.00. The van der Waals surface area contributed by atoms with Crippen molar-refractivity contribution >= 4 is 0 Å². The van der Waals surface area contributed by atoms with Crippen LogP contribution in [0.25, 0.3) is 0 Å². The van der Waals surface area contributed by atoms with Crippen LogP contribution in [0.4, 0.5) is 0 Å². The van der Waals surface area contributed by atoms with Gasteiger partial charge in [0.05, 0.1) is 0 Å². The van der Waals surface area contributed by atoms with Gasteiger partial charge in [0.15, 0.2) is 0 Å². The summed E-state index contributed by atoms with van der Waals surface area (Å²) >= 11 is 0. The van der Waals surface area contributed by atoms with Crippen LogP contribution in [-0.2, 0) is 0 Å². The highest BCUT2D eigenvalue weighted by Crippen LogP contribution is 2.38. The lowest BCUT2D eigenvalue weighted by Crippen LogP contribution is -2.25. The lowest BCUT2D eigenvalue weighted by Gasteiger charge is -2.23. The minimum atomic E-state index is 0.991. The molecule has 2 saturated heterocycles. The van der Waals surface area contributed by atoms with Crippen molar-refractivity contribution in [3.05, 3.63) is 0 Å². The molecule has 3 fully saturated rings. The van der Waals surface area contributed by atoms with Crippen molar-refractivity contribution in [2.75, 3.05) is 13.6 Å². The molecule has 1 saturated carbocycles. The average Bonchev–Trinajstić information content (AvgIpc) is 2.26. The Bertz CT molecular complexity index is 84.6. The molecule has 0 radical (unpaired) electrons. The molecule has 0 aromatic rings. The van der Waals surface area contributed by atoms with Gasteiger partial charge in [0.25, 0.3) is 0 Å². The van der Waals surface area contributed by atoms with Crippen molar-refractivity contribution in [3.63, 3.8) is 0 Å². The second kappa shape index (κ2) is 2.70. The molecule has 2 bridgehead atoms. The fourth-order valence-corrected chi connectivity index (χ4v) is 1.77. The highest BCUT2D eigenvalue weighted by molar-refractivity contribution is 4.94. The van der Waals surface area contributed by atoms with Crippen molar-refractivity contribution in [2.24, 2.45) is 5.92 Å². The molecule has 1 nitrogen and oxygen atoms in total. The largest absolute Gasteiger partial charge is 0.303 e. The predicted molar refractivity (Wildman–Crippen MR) is 40.5 cm³/mol. The first-order valence-electron chi connectivity index (χ1n) is 4.06. The number of nitrogens with zero attached hydrogens (tertiary/aromatic N) is 1. The fourth-order valence-electron chi connectivity index (χ4n) is 1.77. The van der Waals surface area contributed by atoms with Crippen LogP contribution in [0.2, 0.25) is 0 Å². The lowest BCUT2D eigenvalue weighted by atomic mass is 9.86. The van der Waals surface area contributed by atoms with Crippen LogP contribution in [0, 0.1) is 5.92 Å². The molecule has 1 heteroatoms. The van der Waals surface area contributed by atoms with E-state index in [2.05, 4.69) is 11.9 Å². The van der Waals surface area contributed by atoms with Crippen LogP contribution in [0.3, 0.4) is 0 Å². The molecule has 9 heavy (non-hydrogen) atoms. The van der Waals surface area contributed by atoms with E-state index < -0.39 is 0 Å². The van der Waals surface area contributed by atoms with Gasteiger partial charge in [-0.05, 0) is 25.8 Å². The predicted octanol–water partition coefficient (Wildman–Crippen LogP) is 1.74. The van der Waals surface area contributed by atoms with E-state index >= 15 is 0 Å². The molecule has 0 N–H and O–H groups in total. The van der Waals surface area contributed by atoms with Gasteiger partial charge in [0.2, 0.25) is 0 Å². The van der Waals surface area contributed by atoms with Crippen LogP contribution >= 0.6 is 0 Å². The van der Waals surface area contributed by atoms with Gasteiger partial charge in [-0.3, -0.25) is 0 Å². The Labute approximate surface area is 58.0 Å². The van der Waals surface area contributed by atoms with E-state index in [1.165, 1.54) is 19.4 Å². The van der Waals surface area contributed by atoms with E-state index in [0.717, 1.165) is 12.0 Å². The molecule has 0 aromatic carbocycles. The monoisotopic (exact) mass is 127 g/mol. The Hall–Kier alpha value is -0.0400. The maximum Gasteiger partial charge on any atom is 0.00985 e. The number of hydrogen-bond donors (Lipinski definition) is 0. The van der Waals surface area contributed by atoms with Gasteiger partial charge in [-0.25, -0.2) is 0 Å². The Morgan fingerprint density at radius 3 is 1.89 bits per heavy atom. The van der Waals surface area contributed by atoms with E-state index in [4.69, 9.17) is 0 Å². The Kier molecular flexibility index (Phi) is 2.12. The van der Waals surface area contributed by atoms with Crippen LogP contribution in [0.1, 0.15) is 26.7 Å². The molecule has 1 aliphatic carbocycles. The third kappa shape index (κ3) is 1.11. The van der Waals surface area contributed by atoms with Gasteiger partial charge in [-0.1, -0.05) is 13.8 Å². The van der Waals surface area contributed by atoms with Gasteiger partial charge >= 0.3 is 0 Å². The molecule has 0 spiro atoms. The second-order valence-corrected chi connectivity index (χ2v) is 2.93. The van der Waals surface area contributed by atoms with Crippen molar-refractivity contribution in [1.82, 2.24) is 4.90 Å². The Morgan fingerprint density at radius 2 is 1.78 bits per heavy atom. The molecule has 0 atom stereocenters. The van der Waals surface area contributed by atoms with E-state index in [-0.39, 0.29) is 0 Å². The van der Waals surface area contributed by atoms with Gasteiger partial charge < -0.3 is 4.90 Å². The first kappa shape index (κ1) is 7.07. The minimum absolute atomic E-state index is 0.991. The molecule has 54 valence electrons. The second-order valence-electron chi connectivity index (χ2n) is 2.93. The summed E-state index contributed by atoms with van der Waals surface area (Å²) in [5.74, 6) is 1.09. The van der Waals surface area contributed by atoms with Crippen molar-refractivity contribution in [3.8, 4) is 0 Å². The molecule has 2 heterocycles. The molecular weight excluding hydrogens is 110 g/mol. The number of fused-ring (bicyclic) bond motifs is 1. The number of hydrogen-bond acceptors (Lipinski definition) is 1. The summed E-state index contributed by atoms with van der Waals surface area (Å²) in [5, 5.41) is 0. The first-order chi connectivity index (χ1) is 4.36. The maximum atomic E-state index is 2.48. The highest BCUT2D eigenvalue weighted by atomic mass is 15.2. The molecule has 0 amide bonds. The zero-order valence-electron chi connectivity index (χ0n) is 6.72. The average molecular weight is 127 g/mol. The quantitative estimate of drug-likeness (QED) is 0.479. The highest BCUT2D eigenvalue weighted by Gasteiger charge is 2.39. The third-order valence-electron chi connectivity index (χ3n) is 2.38. The maximum absolute atomic E-state index is 2.48. The molecule has 0 aromatic heterocycles. The third-order valence-corrected chi connectivity index (χ3v) is 2.38. The summed E-state index contributed by atoms with van der Waals surface area (Å²) in [6, 6.07) is 0.991. The molecule has 2 aliphatic heterocycles. The van der Waals surface area contributed by atoms with E-state index in [1.54, 1.807) is 0 Å². The van der Waals surface area contributed by atoms with Gasteiger partial charge in [-0.2, -0.15) is 0 Å². The van der Waals surface area contributed by atoms with Crippen molar-refractivity contribution in [1.29, 1.82) is 0 Å². The Morgan fingerprint density at radius 1 is 1.22 bits per heavy atom. The molecule has 3 rings (SSSR count). The van der Waals surface area contributed by atoms with Crippen LogP contribution < -0.4 is 0 Å². The van der Waals surface area contributed by atoms with E-state index in [1.807, 2.05) is 13.8 Å². The van der Waals surface area contributed by atoms with Gasteiger partial charge in [-0.15, -0.1) is 0 Å². The standard InChI is InChI=1S/C6H11N.C2H6/c1-7-4-5-2-6(7)3-5;1-2/h5-6H,2-4H2,1H3;1-2H3. The van der Waals surface area contributed by atoms with Crippen molar-refractivity contribution in [2.45, 2.75) is 32.7 Å². The smallest absolute Gasteiger partial charge is 0.00985 e. The Balaban J connectivity index is 0.000000186. The van der Waals surface area contributed by atoms with E-state index in [9.17, 15) is 0 Å². The SMILES string of the molecule is CC.CN1CC2CC1C2. The van der Waals surface area contributed by atoms with Crippen LogP contribution in [0.5, 0.6) is 0 Å². The van der Waals surface area contributed by atoms with Gasteiger partial charge in [0.1, 0.15) is 0 Å². The normalized spacial score (nSPS) is 39.0. The van der Waals surface area contributed by atoms with Crippen LogP contribution in [-0.4, -0.2) is 24.5 Å². The summed E-state index contributed by atoms with van der Waals surface area (Å²) in [6.45, 7) is 5.38. The topological polar surface area (TPSA) is 3.24 Å². The molecule has 3 aliphatic rings. The first-order valence-corrected chi connectivity index (χ1v) is 4.06.